The minimum Gasteiger partial charge on any atom is -0.394 e. The summed E-state index contributed by atoms with van der Waals surface area (Å²) in [5, 5.41) is 4.48. The van der Waals surface area contributed by atoms with E-state index in [9.17, 15) is 0 Å². The number of anilines is 2. The third-order valence-corrected chi connectivity index (χ3v) is 3.57. The molecule has 1 saturated heterocycles. The van der Waals surface area contributed by atoms with Gasteiger partial charge in [0.1, 0.15) is 0 Å². The zero-order valence-corrected chi connectivity index (χ0v) is 11.6. The predicted octanol–water partition coefficient (Wildman–Crippen LogP) is 1.80. The minimum atomic E-state index is 0.338. The topological polar surface area (TPSA) is 56.3 Å². The van der Waals surface area contributed by atoms with Gasteiger partial charge in [0.25, 0.3) is 0 Å². The van der Waals surface area contributed by atoms with E-state index in [1.165, 1.54) is 6.42 Å². The first kappa shape index (κ1) is 13.2. The van der Waals surface area contributed by atoms with Gasteiger partial charge in [-0.25, -0.2) is 4.68 Å². The molecule has 1 aliphatic heterocycles. The molecule has 1 aliphatic rings. The molecule has 0 saturated carbocycles. The predicted molar refractivity (Wildman–Crippen MR) is 73.9 cm³/mol. The first-order chi connectivity index (χ1) is 8.67. The molecule has 5 heteroatoms. The Hall–Kier alpha value is -1.23. The van der Waals surface area contributed by atoms with Crippen molar-refractivity contribution >= 4 is 11.5 Å². The third kappa shape index (κ3) is 2.46. The van der Waals surface area contributed by atoms with Gasteiger partial charge >= 0.3 is 0 Å². The lowest BCUT2D eigenvalue weighted by atomic mass is 10.2. The van der Waals surface area contributed by atoms with Crippen molar-refractivity contribution < 1.29 is 4.74 Å². The number of ether oxygens (including phenoxy) is 1. The van der Waals surface area contributed by atoms with Crippen molar-refractivity contribution in [1.29, 1.82) is 0 Å². The Morgan fingerprint density at radius 3 is 2.83 bits per heavy atom. The molecular weight excluding hydrogens is 228 g/mol. The van der Waals surface area contributed by atoms with E-state index < -0.39 is 0 Å². The van der Waals surface area contributed by atoms with Crippen molar-refractivity contribution in [2.24, 2.45) is 0 Å². The molecule has 2 rings (SSSR count). The molecule has 0 aromatic carbocycles. The summed E-state index contributed by atoms with van der Waals surface area (Å²) in [6, 6.07) is 0. The Labute approximate surface area is 109 Å². The lowest BCUT2D eigenvalue weighted by Crippen LogP contribution is -2.34. The highest BCUT2D eigenvalue weighted by Gasteiger charge is 2.23. The van der Waals surface area contributed by atoms with Gasteiger partial charge in [-0.05, 0) is 33.6 Å². The average molecular weight is 252 g/mol. The van der Waals surface area contributed by atoms with Gasteiger partial charge in [0.15, 0.2) is 5.82 Å². The van der Waals surface area contributed by atoms with Gasteiger partial charge < -0.3 is 15.4 Å². The van der Waals surface area contributed by atoms with Crippen molar-refractivity contribution in [1.82, 2.24) is 9.78 Å². The van der Waals surface area contributed by atoms with Crippen LogP contribution in [0, 0.1) is 6.92 Å². The number of nitrogens with zero attached hydrogens (tertiary/aromatic N) is 3. The maximum absolute atomic E-state index is 6.16. The van der Waals surface area contributed by atoms with E-state index in [0.717, 1.165) is 49.9 Å². The third-order valence-electron chi connectivity index (χ3n) is 3.57. The Balaban J connectivity index is 2.20. The molecule has 102 valence electrons. The molecule has 0 radical (unpaired) electrons. The van der Waals surface area contributed by atoms with E-state index in [4.69, 9.17) is 10.5 Å². The normalized spacial score (nSPS) is 19.4. The van der Waals surface area contributed by atoms with Gasteiger partial charge in [0, 0.05) is 26.2 Å². The van der Waals surface area contributed by atoms with Crippen molar-refractivity contribution in [2.45, 2.75) is 46.3 Å². The summed E-state index contributed by atoms with van der Waals surface area (Å²) in [6.07, 6.45) is 2.66. The first-order valence-electron chi connectivity index (χ1n) is 6.86. The SMILES string of the molecule is CCN(CC1CCCO1)c1c(N)c(C)nn1CC. The molecule has 1 unspecified atom stereocenters. The summed E-state index contributed by atoms with van der Waals surface area (Å²) in [5.74, 6) is 1.05. The van der Waals surface area contributed by atoms with Crippen LogP contribution in [0.5, 0.6) is 0 Å². The maximum atomic E-state index is 6.16. The molecule has 0 amide bonds. The van der Waals surface area contributed by atoms with E-state index in [1.807, 2.05) is 11.6 Å². The molecule has 0 aliphatic carbocycles. The highest BCUT2D eigenvalue weighted by Crippen LogP contribution is 2.27. The zero-order chi connectivity index (χ0) is 13.1. The van der Waals surface area contributed by atoms with Crippen LogP contribution in [0.25, 0.3) is 0 Å². The highest BCUT2D eigenvalue weighted by molar-refractivity contribution is 5.66. The summed E-state index contributed by atoms with van der Waals surface area (Å²) in [5.41, 5.74) is 7.88. The number of aryl methyl sites for hydroxylation is 2. The largest absolute Gasteiger partial charge is 0.394 e. The van der Waals surface area contributed by atoms with Crippen molar-refractivity contribution in [3.8, 4) is 0 Å². The van der Waals surface area contributed by atoms with Crippen LogP contribution in [0.2, 0.25) is 0 Å². The van der Waals surface area contributed by atoms with Crippen molar-refractivity contribution in [2.75, 3.05) is 30.3 Å². The Morgan fingerprint density at radius 2 is 2.28 bits per heavy atom. The lowest BCUT2D eigenvalue weighted by Gasteiger charge is -2.26. The molecule has 2 heterocycles. The van der Waals surface area contributed by atoms with Crippen molar-refractivity contribution in [3.05, 3.63) is 5.69 Å². The molecule has 1 aromatic rings. The summed E-state index contributed by atoms with van der Waals surface area (Å²) < 4.78 is 7.70. The van der Waals surface area contributed by atoms with E-state index in [1.54, 1.807) is 0 Å². The number of nitrogens with two attached hydrogens (primary N) is 1. The van der Waals surface area contributed by atoms with E-state index in [-0.39, 0.29) is 0 Å². The standard InChI is InChI=1S/C13H24N4O/c1-4-16(9-11-7-6-8-18-11)13-12(14)10(3)15-17(13)5-2/h11H,4-9,14H2,1-3H3. The zero-order valence-electron chi connectivity index (χ0n) is 11.6. The van der Waals surface area contributed by atoms with Crippen LogP contribution in [0.4, 0.5) is 11.5 Å². The molecule has 1 fully saturated rings. The summed E-state index contributed by atoms with van der Waals surface area (Å²) in [4.78, 5) is 2.29. The maximum Gasteiger partial charge on any atom is 0.150 e. The summed E-state index contributed by atoms with van der Waals surface area (Å²) >= 11 is 0. The van der Waals surface area contributed by atoms with E-state index in [2.05, 4.69) is 23.8 Å². The van der Waals surface area contributed by atoms with Gasteiger partial charge in [0.05, 0.1) is 17.5 Å². The van der Waals surface area contributed by atoms with Crippen molar-refractivity contribution in [3.63, 3.8) is 0 Å². The first-order valence-corrected chi connectivity index (χ1v) is 6.86. The number of nitrogen functional groups attached to an aromatic ring is 1. The van der Waals surface area contributed by atoms with E-state index in [0.29, 0.717) is 6.10 Å². The molecule has 1 aromatic heterocycles. The van der Waals surface area contributed by atoms with Crippen LogP contribution >= 0.6 is 0 Å². The fraction of sp³-hybridized carbons (Fsp3) is 0.769. The molecule has 5 nitrogen and oxygen atoms in total. The molecular formula is C13H24N4O. The van der Waals surface area contributed by atoms with Gasteiger partial charge in [-0.3, -0.25) is 0 Å². The second kappa shape index (κ2) is 5.61. The molecule has 2 N–H and O–H groups in total. The van der Waals surface area contributed by atoms with Gasteiger partial charge in [-0.1, -0.05) is 0 Å². The Kier molecular flexibility index (Phi) is 4.11. The van der Waals surface area contributed by atoms with Crippen LogP contribution in [0.15, 0.2) is 0 Å². The van der Waals surface area contributed by atoms with Crippen LogP contribution in [-0.4, -0.2) is 35.6 Å². The van der Waals surface area contributed by atoms with Crippen LogP contribution in [0.1, 0.15) is 32.4 Å². The number of aromatic nitrogens is 2. The van der Waals surface area contributed by atoms with Gasteiger partial charge in [-0.2, -0.15) is 5.10 Å². The monoisotopic (exact) mass is 252 g/mol. The van der Waals surface area contributed by atoms with E-state index >= 15 is 0 Å². The molecule has 1 atom stereocenters. The number of hydrogen-bond acceptors (Lipinski definition) is 4. The smallest absolute Gasteiger partial charge is 0.150 e. The number of hydrogen-bond donors (Lipinski definition) is 1. The molecule has 0 spiro atoms. The molecule has 18 heavy (non-hydrogen) atoms. The Morgan fingerprint density at radius 1 is 1.50 bits per heavy atom. The summed E-state index contributed by atoms with van der Waals surface area (Å²) in [7, 11) is 0. The Bertz CT molecular complexity index is 396. The van der Waals surface area contributed by atoms with Gasteiger partial charge in [-0.15, -0.1) is 0 Å². The number of likely N-dealkylation sites (N-methyl/N-ethyl adjacent to an activating group) is 1. The molecule has 0 bridgehead atoms. The number of rotatable bonds is 5. The quantitative estimate of drug-likeness (QED) is 0.868. The average Bonchev–Trinajstić information content (AvgIpc) is 2.97. The second-order valence-electron chi connectivity index (χ2n) is 4.81. The highest BCUT2D eigenvalue weighted by atomic mass is 16.5. The fourth-order valence-corrected chi connectivity index (χ4v) is 2.54. The van der Waals surface area contributed by atoms with Crippen LogP contribution in [-0.2, 0) is 11.3 Å². The summed E-state index contributed by atoms with van der Waals surface area (Å²) in [6.45, 7) is 9.77. The second-order valence-corrected chi connectivity index (χ2v) is 4.81. The van der Waals surface area contributed by atoms with Gasteiger partial charge in [0.2, 0.25) is 0 Å². The minimum absolute atomic E-state index is 0.338. The van der Waals surface area contributed by atoms with Crippen LogP contribution in [0.3, 0.4) is 0 Å². The van der Waals surface area contributed by atoms with Crippen LogP contribution < -0.4 is 10.6 Å². The fourth-order valence-electron chi connectivity index (χ4n) is 2.54. The lowest BCUT2D eigenvalue weighted by molar-refractivity contribution is 0.115.